The molecule has 5 heteroatoms. The Balaban J connectivity index is 2.06. The lowest BCUT2D eigenvalue weighted by atomic mass is 9.91. The second kappa shape index (κ2) is 5.43. The lowest BCUT2D eigenvalue weighted by Gasteiger charge is -2.36. The molecule has 1 aromatic rings. The lowest BCUT2D eigenvalue weighted by molar-refractivity contribution is -0.137. The monoisotopic (exact) mass is 313 g/mol. The highest BCUT2D eigenvalue weighted by Gasteiger charge is 2.29. The van der Waals surface area contributed by atoms with E-state index < -0.39 is 0 Å². The highest BCUT2D eigenvalue weighted by Crippen LogP contribution is 2.23. The predicted molar refractivity (Wildman–Crippen MR) is 74.2 cm³/mol. The van der Waals surface area contributed by atoms with Crippen molar-refractivity contribution >= 4 is 21.8 Å². The van der Waals surface area contributed by atoms with Crippen LogP contribution in [0.1, 0.15) is 33.2 Å². The van der Waals surface area contributed by atoms with Gasteiger partial charge in [-0.05, 0) is 41.1 Å². The van der Waals surface area contributed by atoms with Gasteiger partial charge >= 0.3 is 0 Å². The maximum Gasteiger partial charge on any atom is 0.247 e. The van der Waals surface area contributed by atoms with E-state index in [4.69, 9.17) is 0 Å². The molecule has 100 valence electrons. The Morgan fingerprint density at radius 3 is 2.56 bits per heavy atom. The van der Waals surface area contributed by atoms with Crippen LogP contribution < -0.4 is 0 Å². The second-order valence-electron chi connectivity index (χ2n) is 5.50. The van der Waals surface area contributed by atoms with Crippen molar-refractivity contribution in [1.82, 2.24) is 14.7 Å². The summed E-state index contributed by atoms with van der Waals surface area (Å²) in [6, 6.07) is -0.228. The predicted octanol–water partition coefficient (Wildman–Crippen LogP) is 2.71. The fourth-order valence-electron chi connectivity index (χ4n) is 2.75. The summed E-state index contributed by atoms with van der Waals surface area (Å²) in [7, 11) is 0. The van der Waals surface area contributed by atoms with Crippen LogP contribution in [0.5, 0.6) is 0 Å². The topological polar surface area (TPSA) is 38.1 Å². The van der Waals surface area contributed by atoms with Gasteiger partial charge < -0.3 is 4.90 Å². The van der Waals surface area contributed by atoms with Gasteiger partial charge in [0.05, 0.1) is 10.7 Å². The van der Waals surface area contributed by atoms with Crippen molar-refractivity contribution in [3.8, 4) is 0 Å². The average Bonchev–Trinajstić information content (AvgIpc) is 2.72. The summed E-state index contributed by atoms with van der Waals surface area (Å²) in [5.74, 6) is 1.35. The van der Waals surface area contributed by atoms with Gasteiger partial charge in [0.15, 0.2) is 0 Å². The number of hydrogen-bond donors (Lipinski definition) is 0. The van der Waals surface area contributed by atoms with Gasteiger partial charge in [0.25, 0.3) is 0 Å². The highest BCUT2D eigenvalue weighted by atomic mass is 79.9. The van der Waals surface area contributed by atoms with Crippen molar-refractivity contribution in [3.63, 3.8) is 0 Å². The first-order valence-electron chi connectivity index (χ1n) is 6.45. The molecule has 1 aliphatic heterocycles. The fourth-order valence-corrected chi connectivity index (χ4v) is 3.05. The van der Waals surface area contributed by atoms with E-state index in [1.807, 2.05) is 18.0 Å². The van der Waals surface area contributed by atoms with Crippen molar-refractivity contribution in [2.45, 2.75) is 33.2 Å². The Bertz CT molecular complexity index is 422. The number of nitrogens with zero attached hydrogens (tertiary/aromatic N) is 3. The molecule has 2 heterocycles. The van der Waals surface area contributed by atoms with E-state index in [-0.39, 0.29) is 11.9 Å². The third-order valence-electron chi connectivity index (χ3n) is 3.50. The molecule has 2 rings (SSSR count). The molecule has 0 bridgehead atoms. The maximum atomic E-state index is 12.4. The minimum atomic E-state index is -0.228. The summed E-state index contributed by atoms with van der Waals surface area (Å²) in [6.45, 7) is 8.08. The molecule has 0 aromatic carbocycles. The number of likely N-dealkylation sites (tertiary alicyclic amines) is 1. The van der Waals surface area contributed by atoms with E-state index in [0.29, 0.717) is 11.8 Å². The molecule has 18 heavy (non-hydrogen) atoms. The van der Waals surface area contributed by atoms with Gasteiger partial charge in [-0.15, -0.1) is 0 Å². The smallest absolute Gasteiger partial charge is 0.247 e. The molecule has 1 aromatic heterocycles. The summed E-state index contributed by atoms with van der Waals surface area (Å²) in [4.78, 5) is 14.4. The Kier molecular flexibility index (Phi) is 4.10. The third-order valence-corrected chi connectivity index (χ3v) is 3.91. The quantitative estimate of drug-likeness (QED) is 0.842. The van der Waals surface area contributed by atoms with E-state index in [1.54, 1.807) is 10.9 Å². The summed E-state index contributed by atoms with van der Waals surface area (Å²) in [6.07, 6.45) is 4.77. The molecule has 0 saturated carbocycles. The first kappa shape index (κ1) is 13.6. The van der Waals surface area contributed by atoms with Crippen molar-refractivity contribution in [1.29, 1.82) is 0 Å². The Hall–Kier alpha value is -0.840. The van der Waals surface area contributed by atoms with E-state index >= 15 is 0 Å². The van der Waals surface area contributed by atoms with Crippen molar-refractivity contribution < 1.29 is 4.79 Å². The number of piperidine rings is 1. The molecular formula is C13H20BrN3O. The fraction of sp³-hybridized carbons (Fsp3) is 0.692. The van der Waals surface area contributed by atoms with E-state index in [2.05, 4.69) is 34.9 Å². The molecule has 1 aliphatic rings. The van der Waals surface area contributed by atoms with Gasteiger partial charge in [-0.2, -0.15) is 5.10 Å². The summed E-state index contributed by atoms with van der Waals surface area (Å²) in [5.41, 5.74) is 0. The lowest BCUT2D eigenvalue weighted by Crippen LogP contribution is -2.45. The highest BCUT2D eigenvalue weighted by molar-refractivity contribution is 9.10. The Morgan fingerprint density at radius 1 is 1.44 bits per heavy atom. The van der Waals surface area contributed by atoms with Crippen molar-refractivity contribution in [2.24, 2.45) is 11.8 Å². The molecule has 3 unspecified atom stereocenters. The molecule has 0 radical (unpaired) electrons. The number of carbonyl (C=O) groups is 1. The van der Waals surface area contributed by atoms with Crippen LogP contribution in [-0.4, -0.2) is 33.7 Å². The van der Waals surface area contributed by atoms with Crippen LogP contribution in [0.15, 0.2) is 16.9 Å². The molecular weight excluding hydrogens is 294 g/mol. The van der Waals surface area contributed by atoms with Crippen LogP contribution in [0.2, 0.25) is 0 Å². The third kappa shape index (κ3) is 2.94. The van der Waals surface area contributed by atoms with Crippen molar-refractivity contribution in [3.05, 3.63) is 16.9 Å². The maximum absolute atomic E-state index is 12.4. The SMILES string of the molecule is CC1CC(C)CN(C(=O)C(C)n2cc(Br)cn2)C1. The number of rotatable bonds is 2. The molecule has 0 aliphatic carbocycles. The first-order valence-corrected chi connectivity index (χ1v) is 7.25. The number of carbonyl (C=O) groups excluding carboxylic acids is 1. The van der Waals surface area contributed by atoms with Crippen molar-refractivity contribution in [2.75, 3.05) is 13.1 Å². The molecule has 0 N–H and O–H groups in total. The Labute approximate surface area is 116 Å². The van der Waals surface area contributed by atoms with Gasteiger partial charge in [-0.25, -0.2) is 0 Å². The summed E-state index contributed by atoms with van der Waals surface area (Å²) < 4.78 is 2.62. The Morgan fingerprint density at radius 2 is 2.06 bits per heavy atom. The largest absolute Gasteiger partial charge is 0.340 e. The van der Waals surface area contributed by atoms with Crippen LogP contribution in [0.3, 0.4) is 0 Å². The summed E-state index contributed by atoms with van der Waals surface area (Å²) in [5, 5.41) is 4.19. The molecule has 4 nitrogen and oxygen atoms in total. The normalized spacial score (nSPS) is 26.1. The van der Waals surface area contributed by atoms with Crippen LogP contribution >= 0.6 is 15.9 Å². The van der Waals surface area contributed by atoms with Crippen LogP contribution in [0.4, 0.5) is 0 Å². The first-order chi connectivity index (χ1) is 8.47. The van der Waals surface area contributed by atoms with Gasteiger partial charge in [0.1, 0.15) is 6.04 Å². The van der Waals surface area contributed by atoms with E-state index in [9.17, 15) is 4.79 Å². The van der Waals surface area contributed by atoms with Gasteiger partial charge in [-0.1, -0.05) is 13.8 Å². The number of aromatic nitrogens is 2. The number of amides is 1. The number of hydrogen-bond acceptors (Lipinski definition) is 2. The van der Waals surface area contributed by atoms with E-state index in [1.165, 1.54) is 6.42 Å². The molecule has 1 saturated heterocycles. The van der Waals surface area contributed by atoms with E-state index in [0.717, 1.165) is 17.6 Å². The summed E-state index contributed by atoms with van der Waals surface area (Å²) >= 11 is 3.36. The van der Waals surface area contributed by atoms with Crippen LogP contribution in [0.25, 0.3) is 0 Å². The minimum absolute atomic E-state index is 0.170. The van der Waals surface area contributed by atoms with Crippen LogP contribution in [0, 0.1) is 11.8 Å². The number of halogens is 1. The minimum Gasteiger partial charge on any atom is -0.340 e. The van der Waals surface area contributed by atoms with Crippen LogP contribution in [-0.2, 0) is 4.79 Å². The zero-order valence-corrected chi connectivity index (χ0v) is 12.7. The van der Waals surface area contributed by atoms with Gasteiger partial charge in [0, 0.05) is 19.3 Å². The standard InChI is InChI=1S/C13H20BrN3O/c1-9-4-10(2)7-16(6-9)13(18)11(3)17-8-12(14)5-15-17/h5,8-11H,4,6-7H2,1-3H3. The molecule has 3 atom stereocenters. The molecule has 1 fully saturated rings. The second-order valence-corrected chi connectivity index (χ2v) is 6.42. The molecule has 1 amide bonds. The zero-order valence-electron chi connectivity index (χ0n) is 11.1. The average molecular weight is 314 g/mol. The zero-order chi connectivity index (χ0) is 13.3. The van der Waals surface area contributed by atoms with Gasteiger partial charge in [-0.3, -0.25) is 9.48 Å². The molecule has 0 spiro atoms. The van der Waals surface area contributed by atoms with Gasteiger partial charge in [0.2, 0.25) is 5.91 Å².